The zero-order valence-electron chi connectivity index (χ0n) is 6.49. The van der Waals surface area contributed by atoms with Crippen molar-refractivity contribution >= 4 is 6.03 Å². The smallest absolute Gasteiger partial charge is 0.324 e. The summed E-state index contributed by atoms with van der Waals surface area (Å²) in [5.41, 5.74) is 5.32. The van der Waals surface area contributed by atoms with Crippen molar-refractivity contribution in [3.63, 3.8) is 0 Å². The maximum atomic E-state index is 11.3. The molecule has 1 saturated heterocycles. The molecule has 1 aliphatic heterocycles. The van der Waals surface area contributed by atoms with Gasteiger partial charge in [0.2, 0.25) is 0 Å². The van der Waals surface area contributed by atoms with Crippen LogP contribution in [0.3, 0.4) is 0 Å². The molecule has 2 amide bonds. The summed E-state index contributed by atoms with van der Waals surface area (Å²) >= 11 is 0. The molecule has 11 heavy (non-hydrogen) atoms. The maximum Gasteiger partial charge on any atom is 0.324 e. The summed E-state index contributed by atoms with van der Waals surface area (Å²) in [5, 5.41) is 0. The molecule has 1 rings (SSSR count). The van der Waals surface area contributed by atoms with Gasteiger partial charge in [-0.2, -0.15) is 0 Å². The van der Waals surface area contributed by atoms with Crippen molar-refractivity contribution in [3.05, 3.63) is 12.8 Å². The highest BCUT2D eigenvalue weighted by Gasteiger charge is 2.24. The average molecular weight is 155 g/mol. The van der Waals surface area contributed by atoms with Crippen LogP contribution in [-0.4, -0.2) is 42.0 Å². The first-order valence-corrected chi connectivity index (χ1v) is 3.67. The fraction of sp³-hybridized carbons (Fsp3) is 0.571. The van der Waals surface area contributed by atoms with Crippen LogP contribution >= 0.6 is 0 Å². The molecular weight excluding hydrogens is 142 g/mol. The Morgan fingerprint density at radius 1 is 1.64 bits per heavy atom. The second-order valence-corrected chi connectivity index (χ2v) is 2.43. The van der Waals surface area contributed by atoms with Gasteiger partial charge in [0.15, 0.2) is 0 Å². The molecule has 0 radical (unpaired) electrons. The van der Waals surface area contributed by atoms with E-state index in [-0.39, 0.29) is 6.03 Å². The highest BCUT2D eigenvalue weighted by Crippen LogP contribution is 2.06. The Kier molecular flexibility index (Phi) is 2.48. The molecule has 0 aliphatic carbocycles. The normalized spacial score (nSPS) is 17.7. The van der Waals surface area contributed by atoms with Gasteiger partial charge < -0.3 is 10.6 Å². The van der Waals surface area contributed by atoms with Crippen molar-refractivity contribution in [1.29, 1.82) is 0 Å². The zero-order valence-corrected chi connectivity index (χ0v) is 6.49. The molecule has 2 N–H and O–H groups in total. The fourth-order valence-electron chi connectivity index (χ4n) is 1.13. The predicted molar refractivity (Wildman–Crippen MR) is 42.9 cm³/mol. The molecule has 4 heteroatoms. The number of rotatable bonds is 3. The van der Waals surface area contributed by atoms with E-state index in [9.17, 15) is 4.79 Å². The molecule has 0 saturated carbocycles. The second kappa shape index (κ2) is 3.39. The summed E-state index contributed by atoms with van der Waals surface area (Å²) < 4.78 is 0. The summed E-state index contributed by atoms with van der Waals surface area (Å²) in [6, 6.07) is 0.0189. The number of hydrogen-bond donors (Lipinski definition) is 1. The first kappa shape index (κ1) is 8.07. The first-order chi connectivity index (χ1) is 5.29. The van der Waals surface area contributed by atoms with Gasteiger partial charge in [0, 0.05) is 32.4 Å². The Hall–Kier alpha value is -1.03. The minimum absolute atomic E-state index is 0.0189. The molecular formula is C7H13N3O. The van der Waals surface area contributed by atoms with E-state index in [1.165, 1.54) is 0 Å². The highest BCUT2D eigenvalue weighted by atomic mass is 16.2. The quantitative estimate of drug-likeness (QED) is 0.615. The number of amides is 2. The third-order valence-corrected chi connectivity index (χ3v) is 1.75. The lowest BCUT2D eigenvalue weighted by atomic mass is 10.5. The van der Waals surface area contributed by atoms with Crippen molar-refractivity contribution in [1.82, 2.24) is 9.80 Å². The second-order valence-electron chi connectivity index (χ2n) is 2.43. The van der Waals surface area contributed by atoms with Gasteiger partial charge in [-0.1, -0.05) is 6.58 Å². The minimum Gasteiger partial charge on any atom is -0.329 e. The van der Waals surface area contributed by atoms with E-state index in [0.717, 1.165) is 13.1 Å². The molecule has 0 spiro atoms. The number of nitrogens with zero attached hydrogens (tertiary/aromatic N) is 2. The minimum atomic E-state index is 0.0189. The van der Waals surface area contributed by atoms with E-state index in [2.05, 4.69) is 6.58 Å². The van der Waals surface area contributed by atoms with Crippen LogP contribution in [0.15, 0.2) is 12.8 Å². The molecule has 0 atom stereocenters. The first-order valence-electron chi connectivity index (χ1n) is 3.67. The van der Waals surface area contributed by atoms with Crippen molar-refractivity contribution in [2.45, 2.75) is 0 Å². The van der Waals surface area contributed by atoms with Crippen LogP contribution in [0, 0.1) is 0 Å². The fourth-order valence-corrected chi connectivity index (χ4v) is 1.13. The van der Waals surface area contributed by atoms with Crippen molar-refractivity contribution in [3.8, 4) is 0 Å². The number of carbonyl (C=O) groups is 1. The van der Waals surface area contributed by atoms with Gasteiger partial charge in [-0.3, -0.25) is 4.90 Å². The average Bonchev–Trinajstić information content (AvgIpc) is 2.34. The van der Waals surface area contributed by atoms with Crippen molar-refractivity contribution < 1.29 is 4.79 Å². The lowest BCUT2D eigenvalue weighted by molar-refractivity contribution is 0.203. The molecule has 4 nitrogen and oxygen atoms in total. The van der Waals surface area contributed by atoms with Gasteiger partial charge in [0.25, 0.3) is 0 Å². The van der Waals surface area contributed by atoms with Gasteiger partial charge in [0.1, 0.15) is 0 Å². The van der Waals surface area contributed by atoms with Gasteiger partial charge >= 0.3 is 6.03 Å². The molecule has 1 heterocycles. The molecule has 0 bridgehead atoms. The Morgan fingerprint density at radius 2 is 2.36 bits per heavy atom. The van der Waals surface area contributed by atoms with Gasteiger partial charge in [-0.15, -0.1) is 0 Å². The van der Waals surface area contributed by atoms with Crippen LogP contribution in [0.4, 0.5) is 4.79 Å². The Balaban J connectivity index is 2.48. The Bertz CT molecular complexity index is 169. The van der Waals surface area contributed by atoms with Crippen molar-refractivity contribution in [2.75, 3.05) is 26.2 Å². The van der Waals surface area contributed by atoms with E-state index >= 15 is 0 Å². The summed E-state index contributed by atoms with van der Waals surface area (Å²) in [6.07, 6.45) is 1.55. The molecule has 62 valence electrons. The predicted octanol–water partition coefficient (Wildman–Crippen LogP) is -0.174. The lowest BCUT2D eigenvalue weighted by Crippen LogP contribution is -2.32. The topological polar surface area (TPSA) is 49.6 Å². The van der Waals surface area contributed by atoms with Crippen LogP contribution in [0.1, 0.15) is 0 Å². The van der Waals surface area contributed by atoms with E-state index in [4.69, 9.17) is 5.73 Å². The summed E-state index contributed by atoms with van der Waals surface area (Å²) in [7, 11) is 0. The number of hydrogen-bond acceptors (Lipinski definition) is 2. The van der Waals surface area contributed by atoms with Crippen LogP contribution in [0.25, 0.3) is 0 Å². The van der Waals surface area contributed by atoms with Crippen LogP contribution in [0.2, 0.25) is 0 Å². The SMILES string of the molecule is C=CN1CCN(CCN)C1=O. The summed E-state index contributed by atoms with van der Waals surface area (Å²) in [6.45, 7) is 6.21. The Labute approximate surface area is 66.3 Å². The summed E-state index contributed by atoms with van der Waals surface area (Å²) in [4.78, 5) is 14.6. The standard InChI is InChI=1S/C7H13N3O/c1-2-9-5-6-10(4-3-8)7(9)11/h2H,1,3-6,8H2. The van der Waals surface area contributed by atoms with Crippen LogP contribution in [-0.2, 0) is 0 Å². The molecule has 0 aromatic carbocycles. The Morgan fingerprint density at radius 3 is 2.82 bits per heavy atom. The van der Waals surface area contributed by atoms with E-state index < -0.39 is 0 Å². The van der Waals surface area contributed by atoms with E-state index in [0.29, 0.717) is 13.1 Å². The van der Waals surface area contributed by atoms with E-state index in [1.807, 2.05) is 0 Å². The van der Waals surface area contributed by atoms with Crippen LogP contribution < -0.4 is 5.73 Å². The number of urea groups is 1. The molecule has 1 aliphatic rings. The zero-order chi connectivity index (χ0) is 8.27. The summed E-state index contributed by atoms with van der Waals surface area (Å²) in [5.74, 6) is 0. The maximum absolute atomic E-state index is 11.3. The molecule has 1 fully saturated rings. The van der Waals surface area contributed by atoms with Gasteiger partial charge in [-0.05, 0) is 0 Å². The number of nitrogens with two attached hydrogens (primary N) is 1. The van der Waals surface area contributed by atoms with Crippen LogP contribution in [0.5, 0.6) is 0 Å². The number of carbonyl (C=O) groups excluding carboxylic acids is 1. The van der Waals surface area contributed by atoms with Gasteiger partial charge in [0.05, 0.1) is 0 Å². The molecule has 0 aromatic rings. The third-order valence-electron chi connectivity index (χ3n) is 1.75. The molecule has 0 unspecified atom stereocenters. The largest absolute Gasteiger partial charge is 0.329 e. The van der Waals surface area contributed by atoms with Gasteiger partial charge in [-0.25, -0.2) is 4.79 Å². The monoisotopic (exact) mass is 155 g/mol. The molecule has 0 aromatic heterocycles. The van der Waals surface area contributed by atoms with Crippen molar-refractivity contribution in [2.24, 2.45) is 5.73 Å². The third kappa shape index (κ3) is 1.51. The highest BCUT2D eigenvalue weighted by molar-refractivity contribution is 5.77. The van der Waals surface area contributed by atoms with E-state index in [1.54, 1.807) is 16.0 Å². The lowest BCUT2D eigenvalue weighted by Gasteiger charge is -2.14.